The van der Waals surface area contributed by atoms with E-state index < -0.39 is 0 Å². The van der Waals surface area contributed by atoms with Crippen molar-refractivity contribution in [1.82, 2.24) is 10.3 Å². The monoisotopic (exact) mass is 426 g/mol. The van der Waals surface area contributed by atoms with Gasteiger partial charge in [-0.2, -0.15) is 0 Å². The number of fused-ring (bicyclic) bond motifs is 1. The van der Waals surface area contributed by atoms with Crippen LogP contribution in [0.25, 0.3) is 10.9 Å². The van der Waals surface area contributed by atoms with E-state index >= 15 is 0 Å². The first-order valence-corrected chi connectivity index (χ1v) is 10.5. The molecule has 1 aromatic heterocycles. The number of nitrogens with one attached hydrogen (secondary N) is 3. The maximum atomic E-state index is 12.7. The van der Waals surface area contributed by atoms with Gasteiger partial charge < -0.3 is 21.1 Å². The second-order valence-corrected chi connectivity index (χ2v) is 7.56. The summed E-state index contributed by atoms with van der Waals surface area (Å²) in [4.78, 5) is 17.3. The molecular formula is C23H27ClN4O2. The Hall–Kier alpha value is -2.67. The summed E-state index contributed by atoms with van der Waals surface area (Å²) >= 11 is 6.39. The van der Waals surface area contributed by atoms with E-state index in [0.717, 1.165) is 28.8 Å². The fourth-order valence-electron chi connectivity index (χ4n) is 3.25. The van der Waals surface area contributed by atoms with Crippen LogP contribution in [0, 0.1) is 0 Å². The zero-order valence-corrected chi connectivity index (χ0v) is 17.7. The summed E-state index contributed by atoms with van der Waals surface area (Å²) in [6.07, 6.45) is 0.366. The summed E-state index contributed by atoms with van der Waals surface area (Å²) < 4.78 is 0. The van der Waals surface area contributed by atoms with Gasteiger partial charge in [-0.3, -0.25) is 4.79 Å². The third kappa shape index (κ3) is 5.92. The molecule has 0 fully saturated rings. The Balaban J connectivity index is 1.68. The zero-order chi connectivity index (χ0) is 21.3. The van der Waals surface area contributed by atoms with Crippen LogP contribution >= 0.6 is 11.6 Å². The number of aromatic nitrogens is 1. The average molecular weight is 427 g/mol. The molecular weight excluding hydrogens is 400 g/mol. The van der Waals surface area contributed by atoms with Gasteiger partial charge in [0.2, 0.25) is 5.91 Å². The minimum atomic E-state index is -0.0853. The molecule has 4 N–H and O–H groups in total. The van der Waals surface area contributed by atoms with E-state index in [9.17, 15) is 4.79 Å². The molecule has 0 saturated carbocycles. The van der Waals surface area contributed by atoms with Gasteiger partial charge in [-0.15, -0.1) is 0 Å². The van der Waals surface area contributed by atoms with Crippen molar-refractivity contribution in [3.05, 3.63) is 65.2 Å². The molecule has 30 heavy (non-hydrogen) atoms. The van der Waals surface area contributed by atoms with E-state index in [4.69, 9.17) is 16.7 Å². The van der Waals surface area contributed by atoms with Gasteiger partial charge in [0.15, 0.2) is 0 Å². The van der Waals surface area contributed by atoms with Crippen LogP contribution in [-0.2, 0) is 4.79 Å². The van der Waals surface area contributed by atoms with Crippen molar-refractivity contribution in [2.45, 2.75) is 19.3 Å². The summed E-state index contributed by atoms with van der Waals surface area (Å²) in [5, 5.41) is 19.4. The molecule has 0 radical (unpaired) electrons. The molecule has 3 aromatic rings. The smallest absolute Gasteiger partial charge is 0.225 e. The highest BCUT2D eigenvalue weighted by molar-refractivity contribution is 6.35. The van der Waals surface area contributed by atoms with E-state index in [0.29, 0.717) is 30.2 Å². The van der Waals surface area contributed by atoms with E-state index in [1.807, 2.05) is 55.5 Å². The lowest BCUT2D eigenvalue weighted by atomic mass is 9.97. The number of benzene rings is 2. The number of rotatable bonds is 10. The van der Waals surface area contributed by atoms with Crippen LogP contribution in [0.15, 0.2) is 54.6 Å². The second-order valence-electron chi connectivity index (χ2n) is 7.15. The van der Waals surface area contributed by atoms with Gasteiger partial charge >= 0.3 is 0 Å². The summed E-state index contributed by atoms with van der Waals surface area (Å²) in [7, 11) is 0. The number of amides is 1. The van der Waals surface area contributed by atoms with Gasteiger partial charge in [-0.05, 0) is 35.7 Å². The summed E-state index contributed by atoms with van der Waals surface area (Å²) in [6.45, 7) is 4.13. The van der Waals surface area contributed by atoms with Crippen LogP contribution in [0.5, 0.6) is 0 Å². The Kier molecular flexibility index (Phi) is 8.02. The molecule has 158 valence electrons. The minimum absolute atomic E-state index is 0.0853. The van der Waals surface area contributed by atoms with Gasteiger partial charge in [0.1, 0.15) is 5.82 Å². The van der Waals surface area contributed by atoms with E-state index in [-0.39, 0.29) is 18.4 Å². The van der Waals surface area contributed by atoms with Crippen LogP contribution in [0.2, 0.25) is 5.02 Å². The molecule has 0 saturated heterocycles. The molecule has 0 bridgehead atoms. The number of aliphatic hydroxyl groups excluding tert-OH is 1. The Morgan fingerprint density at radius 3 is 2.63 bits per heavy atom. The van der Waals surface area contributed by atoms with Gasteiger partial charge in [-0.1, -0.05) is 48.9 Å². The first kappa shape index (κ1) is 22.0. The Morgan fingerprint density at radius 1 is 1.07 bits per heavy atom. The van der Waals surface area contributed by atoms with Crippen LogP contribution in [-0.4, -0.2) is 42.2 Å². The summed E-state index contributed by atoms with van der Waals surface area (Å²) in [5.74, 6) is 0.761. The van der Waals surface area contributed by atoms with Crippen LogP contribution < -0.4 is 16.0 Å². The molecule has 1 amide bonds. The van der Waals surface area contributed by atoms with Crippen molar-refractivity contribution < 1.29 is 9.90 Å². The summed E-state index contributed by atoms with van der Waals surface area (Å²) in [5.41, 5.74) is 2.46. The molecule has 0 aliphatic carbocycles. The van der Waals surface area contributed by atoms with E-state index in [1.165, 1.54) is 0 Å². The van der Waals surface area contributed by atoms with E-state index in [1.54, 1.807) is 6.07 Å². The largest absolute Gasteiger partial charge is 0.395 e. The molecule has 0 aliphatic rings. The fraction of sp³-hybridized carbons (Fsp3) is 0.304. The maximum Gasteiger partial charge on any atom is 0.225 e. The number of hydrogen-bond acceptors (Lipinski definition) is 5. The molecule has 6 nitrogen and oxygen atoms in total. The van der Waals surface area contributed by atoms with Crippen LogP contribution in [0.4, 0.5) is 11.5 Å². The minimum Gasteiger partial charge on any atom is -0.395 e. The Labute approximate surface area is 181 Å². The zero-order valence-electron chi connectivity index (χ0n) is 17.0. The highest BCUT2D eigenvalue weighted by Crippen LogP contribution is 2.32. The molecule has 7 heteroatoms. The van der Waals surface area contributed by atoms with Crippen LogP contribution in [0.3, 0.4) is 0 Å². The van der Waals surface area contributed by atoms with Crippen molar-refractivity contribution in [1.29, 1.82) is 0 Å². The number of carbonyl (C=O) groups excluding carboxylic acids is 1. The van der Waals surface area contributed by atoms with Gasteiger partial charge in [0, 0.05) is 31.4 Å². The van der Waals surface area contributed by atoms with Crippen molar-refractivity contribution >= 4 is 39.9 Å². The predicted molar refractivity (Wildman–Crippen MR) is 123 cm³/mol. The fourth-order valence-corrected chi connectivity index (χ4v) is 3.47. The molecule has 0 unspecified atom stereocenters. The number of anilines is 2. The standard InChI is InChI=1S/C23H27ClN4O2/c1-16(17-5-3-2-4-6-17)15-22(30)28-23-18-7-10-21(26-12-11-25-13-14-29)27-20(18)9-8-19(23)24/h2-10,16,25,29H,11-15H2,1H3,(H,26,27)(H,28,30)/t16-/m1/s1. The highest BCUT2D eigenvalue weighted by atomic mass is 35.5. The molecule has 1 atom stereocenters. The normalized spacial score (nSPS) is 12.0. The van der Waals surface area contributed by atoms with Crippen molar-refractivity contribution in [3.8, 4) is 0 Å². The van der Waals surface area contributed by atoms with Crippen molar-refractivity contribution in [2.24, 2.45) is 0 Å². The third-order valence-corrected chi connectivity index (χ3v) is 5.16. The van der Waals surface area contributed by atoms with Crippen molar-refractivity contribution in [3.63, 3.8) is 0 Å². The Morgan fingerprint density at radius 2 is 1.87 bits per heavy atom. The summed E-state index contributed by atoms with van der Waals surface area (Å²) in [6, 6.07) is 17.3. The van der Waals surface area contributed by atoms with Gasteiger partial charge in [0.25, 0.3) is 0 Å². The predicted octanol–water partition coefficient (Wildman–Crippen LogP) is 4.01. The molecule has 0 spiro atoms. The molecule has 1 heterocycles. The number of hydrogen-bond donors (Lipinski definition) is 4. The average Bonchev–Trinajstić information content (AvgIpc) is 2.76. The molecule has 3 rings (SSSR count). The lowest BCUT2D eigenvalue weighted by Crippen LogP contribution is -2.25. The van der Waals surface area contributed by atoms with Gasteiger partial charge in [-0.25, -0.2) is 4.98 Å². The number of carbonyl (C=O) groups is 1. The SMILES string of the molecule is C[C@H](CC(=O)Nc1c(Cl)ccc2nc(NCCNCCO)ccc12)c1ccccc1. The van der Waals surface area contributed by atoms with Gasteiger partial charge in [0.05, 0.1) is 22.8 Å². The topological polar surface area (TPSA) is 86.3 Å². The number of pyridine rings is 1. The van der Waals surface area contributed by atoms with Crippen molar-refractivity contribution in [2.75, 3.05) is 36.9 Å². The van der Waals surface area contributed by atoms with Crippen LogP contribution in [0.1, 0.15) is 24.8 Å². The van der Waals surface area contributed by atoms with E-state index in [2.05, 4.69) is 20.9 Å². The lowest BCUT2D eigenvalue weighted by molar-refractivity contribution is -0.116. The quantitative estimate of drug-likeness (QED) is 0.368. The molecule has 0 aliphatic heterocycles. The lowest BCUT2D eigenvalue weighted by Gasteiger charge is -2.15. The highest BCUT2D eigenvalue weighted by Gasteiger charge is 2.15. The molecule has 2 aromatic carbocycles. The first-order chi connectivity index (χ1) is 14.6. The number of nitrogens with zero attached hydrogens (tertiary/aromatic N) is 1. The second kappa shape index (κ2) is 10.9. The number of halogens is 1. The maximum absolute atomic E-state index is 12.7. The Bertz CT molecular complexity index is 982. The third-order valence-electron chi connectivity index (χ3n) is 4.84. The first-order valence-electron chi connectivity index (χ1n) is 10.1. The number of aliphatic hydroxyl groups is 1.